The molecule has 0 aliphatic carbocycles. The molecule has 3 aromatic rings. The molecule has 2 heteroatoms. The molecule has 0 saturated heterocycles. The van der Waals surface area contributed by atoms with E-state index in [-0.39, 0.29) is 20.1 Å². The van der Waals surface area contributed by atoms with E-state index in [1.807, 2.05) is 25.3 Å². The van der Waals surface area contributed by atoms with Gasteiger partial charge < -0.3 is 4.98 Å². The van der Waals surface area contributed by atoms with Crippen LogP contribution in [0.4, 0.5) is 0 Å². The maximum absolute atomic E-state index is 4.64. The van der Waals surface area contributed by atoms with E-state index in [1.54, 1.807) is 0 Å². The molecule has 1 radical (unpaired) electrons. The standard InChI is InChI=1S/C23H22N.Ir/c1-6-7-17(4)20-8-9-22-21(18(20)5)10-11-24-23(22)19-13-15(2)12-16(3)14-19;/h6-13H,4H2,1-3,5H3;/q-1;/b7-6-;. The van der Waals surface area contributed by atoms with Crippen LogP contribution in [-0.4, -0.2) is 4.98 Å². The Balaban J connectivity index is 0.00000225. The van der Waals surface area contributed by atoms with Gasteiger partial charge >= 0.3 is 0 Å². The zero-order valence-corrected chi connectivity index (χ0v) is 17.5. The van der Waals surface area contributed by atoms with Crippen molar-refractivity contribution in [2.24, 2.45) is 0 Å². The molecule has 0 fully saturated rings. The van der Waals surface area contributed by atoms with Crippen molar-refractivity contribution in [3.8, 4) is 11.3 Å². The number of nitrogens with zero attached hydrogens (tertiary/aromatic N) is 1. The first-order valence-electron chi connectivity index (χ1n) is 8.22. The normalized spacial score (nSPS) is 10.9. The molecule has 0 unspecified atom stereocenters. The van der Waals surface area contributed by atoms with E-state index in [9.17, 15) is 0 Å². The molecule has 1 aromatic heterocycles. The SMILES string of the molecule is C=C(/C=C\C)c1ccc2c(-c3[c-]c(C)cc(C)c3)nccc2c1C.[Ir]. The summed E-state index contributed by atoms with van der Waals surface area (Å²) < 4.78 is 0. The minimum Gasteiger partial charge on any atom is -0.304 e. The molecule has 129 valence electrons. The molecule has 25 heavy (non-hydrogen) atoms. The topological polar surface area (TPSA) is 12.9 Å². The third-order valence-corrected chi connectivity index (χ3v) is 4.33. The second-order valence-electron chi connectivity index (χ2n) is 6.27. The Hall–Kier alpha value is -2.02. The molecule has 0 N–H and O–H groups in total. The number of rotatable bonds is 3. The van der Waals surface area contributed by atoms with Gasteiger partial charge in [0, 0.05) is 26.3 Å². The number of benzene rings is 2. The molecule has 1 nitrogen and oxygen atoms in total. The Kier molecular flexibility index (Phi) is 6.11. The minimum absolute atomic E-state index is 0. The van der Waals surface area contributed by atoms with Gasteiger partial charge in [-0.15, -0.1) is 34.9 Å². The van der Waals surface area contributed by atoms with Crippen LogP contribution in [0.25, 0.3) is 27.6 Å². The molecule has 0 aliphatic heterocycles. The van der Waals surface area contributed by atoms with Crippen LogP contribution >= 0.6 is 0 Å². The van der Waals surface area contributed by atoms with Gasteiger partial charge in [-0.2, -0.15) is 0 Å². The van der Waals surface area contributed by atoms with Crippen LogP contribution in [0, 0.1) is 26.8 Å². The monoisotopic (exact) mass is 505 g/mol. The van der Waals surface area contributed by atoms with Crippen LogP contribution in [0.5, 0.6) is 0 Å². The molecule has 0 aliphatic rings. The van der Waals surface area contributed by atoms with Gasteiger partial charge in [-0.3, -0.25) is 0 Å². The Morgan fingerprint density at radius 2 is 1.84 bits per heavy atom. The van der Waals surface area contributed by atoms with E-state index in [4.69, 9.17) is 0 Å². The Bertz CT molecular complexity index is 947. The fourth-order valence-corrected chi connectivity index (χ4v) is 3.28. The quantitative estimate of drug-likeness (QED) is 0.305. The van der Waals surface area contributed by atoms with Gasteiger partial charge in [0.15, 0.2) is 0 Å². The van der Waals surface area contributed by atoms with Crippen LogP contribution in [0.1, 0.15) is 29.2 Å². The zero-order chi connectivity index (χ0) is 17.3. The summed E-state index contributed by atoms with van der Waals surface area (Å²) in [4.78, 5) is 4.64. The molecule has 0 atom stereocenters. The summed E-state index contributed by atoms with van der Waals surface area (Å²) in [5.74, 6) is 0. The van der Waals surface area contributed by atoms with Gasteiger partial charge in [-0.25, -0.2) is 0 Å². The fraction of sp³-hybridized carbons (Fsp3) is 0.174. The molecule has 0 amide bonds. The molecule has 0 saturated carbocycles. The van der Waals surface area contributed by atoms with Crippen molar-refractivity contribution in [3.05, 3.63) is 83.6 Å². The average Bonchev–Trinajstić information content (AvgIpc) is 2.54. The summed E-state index contributed by atoms with van der Waals surface area (Å²) in [6, 6.07) is 14.1. The summed E-state index contributed by atoms with van der Waals surface area (Å²) in [5.41, 5.74) is 7.87. The van der Waals surface area contributed by atoms with Crippen LogP contribution in [0.2, 0.25) is 0 Å². The van der Waals surface area contributed by atoms with E-state index in [0.717, 1.165) is 27.8 Å². The third kappa shape index (κ3) is 3.81. The smallest absolute Gasteiger partial charge is 0.0167 e. The van der Waals surface area contributed by atoms with Gasteiger partial charge in [0.2, 0.25) is 0 Å². The van der Waals surface area contributed by atoms with Crippen LogP contribution in [0.15, 0.2) is 55.3 Å². The molecule has 3 rings (SSSR count). The van der Waals surface area contributed by atoms with Gasteiger partial charge in [-0.05, 0) is 53.1 Å². The van der Waals surface area contributed by atoms with Crippen LogP contribution < -0.4 is 0 Å². The van der Waals surface area contributed by atoms with Crippen molar-refractivity contribution in [2.45, 2.75) is 27.7 Å². The van der Waals surface area contributed by atoms with Gasteiger partial charge in [0.1, 0.15) is 0 Å². The first-order chi connectivity index (χ1) is 11.5. The molecule has 2 aromatic carbocycles. The summed E-state index contributed by atoms with van der Waals surface area (Å²) in [7, 11) is 0. The number of aromatic nitrogens is 1. The summed E-state index contributed by atoms with van der Waals surface area (Å²) >= 11 is 0. The van der Waals surface area contributed by atoms with Crippen LogP contribution in [-0.2, 0) is 20.1 Å². The van der Waals surface area contributed by atoms with Gasteiger partial charge in [0.25, 0.3) is 0 Å². The van der Waals surface area contributed by atoms with E-state index in [0.29, 0.717) is 0 Å². The van der Waals surface area contributed by atoms with Gasteiger partial charge in [-0.1, -0.05) is 44.7 Å². The number of hydrogen-bond donors (Lipinski definition) is 0. The predicted molar refractivity (Wildman–Crippen MR) is 104 cm³/mol. The number of pyridine rings is 1. The molecule has 0 bridgehead atoms. The molecule has 0 spiro atoms. The van der Waals surface area contributed by atoms with Crippen molar-refractivity contribution >= 4 is 16.3 Å². The Morgan fingerprint density at radius 1 is 1.08 bits per heavy atom. The van der Waals surface area contributed by atoms with Crippen LogP contribution in [0.3, 0.4) is 0 Å². The predicted octanol–water partition coefficient (Wildman–Crippen LogP) is 6.21. The minimum atomic E-state index is 0. The van der Waals surface area contributed by atoms with Crippen molar-refractivity contribution < 1.29 is 20.1 Å². The first kappa shape index (κ1) is 19.3. The molecular formula is C23H22IrN-. The molecule has 1 heterocycles. The Labute approximate surface area is 163 Å². The Morgan fingerprint density at radius 3 is 2.52 bits per heavy atom. The average molecular weight is 505 g/mol. The first-order valence-corrected chi connectivity index (χ1v) is 8.22. The fourth-order valence-electron chi connectivity index (χ4n) is 3.28. The number of fused-ring (bicyclic) bond motifs is 1. The van der Waals surface area contributed by atoms with Crippen molar-refractivity contribution in [1.29, 1.82) is 0 Å². The summed E-state index contributed by atoms with van der Waals surface area (Å²) in [6.07, 6.45) is 5.96. The maximum atomic E-state index is 4.64. The van der Waals surface area contributed by atoms with Crippen molar-refractivity contribution in [3.63, 3.8) is 0 Å². The number of aryl methyl sites for hydroxylation is 3. The summed E-state index contributed by atoms with van der Waals surface area (Å²) in [5, 5.41) is 2.38. The van der Waals surface area contributed by atoms with E-state index < -0.39 is 0 Å². The van der Waals surface area contributed by atoms with E-state index >= 15 is 0 Å². The van der Waals surface area contributed by atoms with Crippen molar-refractivity contribution in [1.82, 2.24) is 4.98 Å². The second-order valence-corrected chi connectivity index (χ2v) is 6.27. The maximum Gasteiger partial charge on any atom is 0.0167 e. The molecular weight excluding hydrogens is 482 g/mol. The van der Waals surface area contributed by atoms with E-state index in [2.05, 4.69) is 68.7 Å². The largest absolute Gasteiger partial charge is 0.304 e. The van der Waals surface area contributed by atoms with E-state index in [1.165, 1.54) is 22.1 Å². The zero-order valence-electron chi connectivity index (χ0n) is 15.1. The second kappa shape index (κ2) is 7.91. The number of allylic oxidation sites excluding steroid dienone is 3. The summed E-state index contributed by atoms with van der Waals surface area (Å²) in [6.45, 7) is 12.5. The van der Waals surface area contributed by atoms with Gasteiger partial charge in [0.05, 0.1) is 0 Å². The number of hydrogen-bond acceptors (Lipinski definition) is 1. The van der Waals surface area contributed by atoms with Crippen molar-refractivity contribution in [2.75, 3.05) is 0 Å². The third-order valence-electron chi connectivity index (χ3n) is 4.33.